The van der Waals surface area contributed by atoms with Crippen molar-refractivity contribution in [2.75, 3.05) is 6.54 Å². The van der Waals surface area contributed by atoms with Crippen LogP contribution in [0.25, 0.3) is 10.1 Å². The standard InChI is InChI=1S/C15H19NS/c1-11(7-9-16-13-5-6-13)14-4-2-3-12-8-10-17-15(12)14/h2-4,8,10-11,13,16H,5-7,9H2,1H3. The molecule has 3 rings (SSSR count). The van der Waals surface area contributed by atoms with Gasteiger partial charge in [0.15, 0.2) is 0 Å². The van der Waals surface area contributed by atoms with Crippen molar-refractivity contribution < 1.29 is 0 Å². The predicted octanol–water partition coefficient (Wildman–Crippen LogP) is 4.15. The molecular formula is C15H19NS. The summed E-state index contributed by atoms with van der Waals surface area (Å²) in [7, 11) is 0. The van der Waals surface area contributed by atoms with E-state index in [1.807, 2.05) is 11.3 Å². The lowest BCUT2D eigenvalue weighted by Gasteiger charge is -2.13. The fraction of sp³-hybridized carbons (Fsp3) is 0.467. The maximum atomic E-state index is 3.60. The molecule has 0 radical (unpaired) electrons. The van der Waals surface area contributed by atoms with Gasteiger partial charge in [0.25, 0.3) is 0 Å². The summed E-state index contributed by atoms with van der Waals surface area (Å²) in [5, 5.41) is 7.20. The summed E-state index contributed by atoms with van der Waals surface area (Å²) < 4.78 is 1.48. The zero-order chi connectivity index (χ0) is 11.7. The molecule has 0 aliphatic heterocycles. The second-order valence-electron chi connectivity index (χ2n) is 5.10. The molecule has 1 nitrogen and oxygen atoms in total. The number of hydrogen-bond acceptors (Lipinski definition) is 2. The normalized spacial score (nSPS) is 17.5. The number of thiophene rings is 1. The quantitative estimate of drug-likeness (QED) is 0.834. The SMILES string of the molecule is CC(CCNC1CC1)c1cccc2ccsc12. The summed E-state index contributed by atoms with van der Waals surface area (Å²) in [5.74, 6) is 0.656. The van der Waals surface area contributed by atoms with E-state index in [0.29, 0.717) is 5.92 Å². The van der Waals surface area contributed by atoms with E-state index < -0.39 is 0 Å². The second kappa shape index (κ2) is 4.79. The first-order valence-corrected chi connectivity index (χ1v) is 7.42. The Kier molecular flexibility index (Phi) is 3.17. The van der Waals surface area contributed by atoms with Crippen LogP contribution in [-0.2, 0) is 0 Å². The molecule has 0 saturated heterocycles. The average molecular weight is 245 g/mol. The predicted molar refractivity (Wildman–Crippen MR) is 75.9 cm³/mol. The van der Waals surface area contributed by atoms with Gasteiger partial charge >= 0.3 is 0 Å². The van der Waals surface area contributed by atoms with Gasteiger partial charge in [-0.1, -0.05) is 25.1 Å². The molecule has 1 unspecified atom stereocenters. The molecule has 0 amide bonds. The maximum Gasteiger partial charge on any atom is 0.0377 e. The molecule has 2 aromatic rings. The summed E-state index contributed by atoms with van der Waals surface area (Å²) in [5.41, 5.74) is 1.52. The lowest BCUT2D eigenvalue weighted by molar-refractivity contribution is 0.594. The van der Waals surface area contributed by atoms with Gasteiger partial charge in [-0.2, -0.15) is 0 Å². The molecule has 1 fully saturated rings. The van der Waals surface area contributed by atoms with Crippen molar-refractivity contribution >= 4 is 21.4 Å². The van der Waals surface area contributed by atoms with E-state index in [1.165, 1.54) is 34.9 Å². The Labute approximate surface area is 107 Å². The smallest absolute Gasteiger partial charge is 0.0377 e. The monoisotopic (exact) mass is 245 g/mol. The van der Waals surface area contributed by atoms with E-state index in [4.69, 9.17) is 0 Å². The molecule has 90 valence electrons. The Morgan fingerprint density at radius 2 is 2.24 bits per heavy atom. The fourth-order valence-electron chi connectivity index (χ4n) is 2.35. The van der Waals surface area contributed by atoms with Crippen molar-refractivity contribution in [3.63, 3.8) is 0 Å². The van der Waals surface area contributed by atoms with E-state index in [1.54, 1.807) is 0 Å². The Hall–Kier alpha value is -0.860. The fourth-order valence-corrected chi connectivity index (χ4v) is 3.38. The van der Waals surface area contributed by atoms with Gasteiger partial charge in [0.2, 0.25) is 0 Å². The van der Waals surface area contributed by atoms with Crippen molar-refractivity contribution in [1.82, 2.24) is 5.32 Å². The van der Waals surface area contributed by atoms with E-state index >= 15 is 0 Å². The average Bonchev–Trinajstić information content (AvgIpc) is 3.04. The molecular weight excluding hydrogens is 226 g/mol. The summed E-state index contributed by atoms with van der Waals surface area (Å²) >= 11 is 1.87. The largest absolute Gasteiger partial charge is 0.314 e. The van der Waals surface area contributed by atoms with Crippen LogP contribution in [0.3, 0.4) is 0 Å². The Morgan fingerprint density at radius 1 is 1.35 bits per heavy atom. The first-order chi connectivity index (χ1) is 8.34. The lowest BCUT2D eigenvalue weighted by Crippen LogP contribution is -2.18. The molecule has 17 heavy (non-hydrogen) atoms. The minimum absolute atomic E-state index is 0.656. The van der Waals surface area contributed by atoms with Crippen LogP contribution >= 0.6 is 11.3 Å². The van der Waals surface area contributed by atoms with Crippen molar-refractivity contribution in [3.8, 4) is 0 Å². The molecule has 1 heterocycles. The number of hydrogen-bond donors (Lipinski definition) is 1. The van der Waals surface area contributed by atoms with E-state index in [-0.39, 0.29) is 0 Å². The zero-order valence-electron chi connectivity index (χ0n) is 10.3. The van der Waals surface area contributed by atoms with E-state index in [9.17, 15) is 0 Å². The summed E-state index contributed by atoms with van der Waals surface area (Å²) in [4.78, 5) is 0. The van der Waals surface area contributed by atoms with Gasteiger partial charge in [-0.3, -0.25) is 0 Å². The minimum Gasteiger partial charge on any atom is -0.314 e. The van der Waals surface area contributed by atoms with Crippen molar-refractivity contribution in [2.24, 2.45) is 0 Å². The Bertz CT molecular complexity index is 498. The molecule has 1 aromatic heterocycles. The van der Waals surface area contributed by atoms with Crippen LogP contribution in [0.1, 0.15) is 37.7 Å². The Balaban J connectivity index is 1.70. The first kappa shape index (κ1) is 11.2. The van der Waals surface area contributed by atoms with Crippen LogP contribution in [0, 0.1) is 0 Å². The van der Waals surface area contributed by atoms with Crippen molar-refractivity contribution in [2.45, 2.75) is 38.1 Å². The third kappa shape index (κ3) is 2.53. The van der Waals surface area contributed by atoms with Crippen LogP contribution in [0.4, 0.5) is 0 Å². The summed E-state index contributed by atoms with van der Waals surface area (Å²) in [6.07, 6.45) is 4.01. The third-order valence-electron chi connectivity index (χ3n) is 3.63. The van der Waals surface area contributed by atoms with Gasteiger partial charge in [-0.15, -0.1) is 11.3 Å². The third-order valence-corrected chi connectivity index (χ3v) is 4.61. The Morgan fingerprint density at radius 3 is 3.06 bits per heavy atom. The second-order valence-corrected chi connectivity index (χ2v) is 6.02. The summed E-state index contributed by atoms with van der Waals surface area (Å²) in [6, 6.07) is 9.75. The molecule has 0 bridgehead atoms. The maximum absolute atomic E-state index is 3.60. The van der Waals surface area contributed by atoms with Gasteiger partial charge < -0.3 is 5.32 Å². The number of fused-ring (bicyclic) bond motifs is 1. The van der Waals surface area contributed by atoms with Crippen molar-refractivity contribution in [3.05, 3.63) is 35.2 Å². The van der Waals surface area contributed by atoms with Gasteiger partial charge in [0.1, 0.15) is 0 Å². The van der Waals surface area contributed by atoms with Gasteiger partial charge in [0, 0.05) is 10.7 Å². The highest BCUT2D eigenvalue weighted by Gasteiger charge is 2.20. The molecule has 1 aliphatic carbocycles. The highest BCUT2D eigenvalue weighted by Crippen LogP contribution is 2.31. The highest BCUT2D eigenvalue weighted by molar-refractivity contribution is 7.17. The van der Waals surface area contributed by atoms with Crippen LogP contribution in [0.15, 0.2) is 29.6 Å². The molecule has 1 N–H and O–H groups in total. The molecule has 1 saturated carbocycles. The van der Waals surface area contributed by atoms with E-state index in [0.717, 1.165) is 12.6 Å². The highest BCUT2D eigenvalue weighted by atomic mass is 32.1. The van der Waals surface area contributed by atoms with Crippen LogP contribution in [0.2, 0.25) is 0 Å². The lowest BCUT2D eigenvalue weighted by atomic mass is 9.97. The molecule has 2 heteroatoms. The van der Waals surface area contributed by atoms with Gasteiger partial charge in [0.05, 0.1) is 0 Å². The topological polar surface area (TPSA) is 12.0 Å². The molecule has 0 spiro atoms. The molecule has 1 aliphatic rings. The number of nitrogens with one attached hydrogen (secondary N) is 1. The van der Waals surface area contributed by atoms with Gasteiger partial charge in [-0.25, -0.2) is 0 Å². The first-order valence-electron chi connectivity index (χ1n) is 6.54. The molecule has 1 atom stereocenters. The van der Waals surface area contributed by atoms with Crippen LogP contribution in [0.5, 0.6) is 0 Å². The van der Waals surface area contributed by atoms with Crippen LogP contribution in [-0.4, -0.2) is 12.6 Å². The zero-order valence-corrected chi connectivity index (χ0v) is 11.1. The van der Waals surface area contributed by atoms with E-state index in [2.05, 4.69) is 41.9 Å². The van der Waals surface area contributed by atoms with Gasteiger partial charge in [-0.05, 0) is 54.1 Å². The number of rotatable bonds is 5. The molecule has 1 aromatic carbocycles. The number of benzene rings is 1. The van der Waals surface area contributed by atoms with Crippen molar-refractivity contribution in [1.29, 1.82) is 0 Å². The van der Waals surface area contributed by atoms with Crippen LogP contribution < -0.4 is 5.32 Å². The minimum atomic E-state index is 0.656. The summed E-state index contributed by atoms with van der Waals surface area (Å²) in [6.45, 7) is 3.51.